The SMILES string of the molecule is C=N/C(=C\C=C(/C)S(=O)(=O)CC)CNc1nc2cnc(-c3c(OC)ncnc3C3CC3)nc2n(C2CCC2)c1=O. The zero-order chi connectivity index (χ0) is 28.4. The van der Waals surface area contributed by atoms with Crippen molar-refractivity contribution in [1.82, 2.24) is 29.5 Å². The van der Waals surface area contributed by atoms with Crippen molar-refractivity contribution in [1.29, 1.82) is 0 Å². The van der Waals surface area contributed by atoms with Crippen LogP contribution in [0, 0.1) is 0 Å². The molecule has 210 valence electrons. The summed E-state index contributed by atoms with van der Waals surface area (Å²) in [6.07, 6.45) is 10.9. The van der Waals surface area contributed by atoms with Crippen LogP contribution in [-0.2, 0) is 9.84 Å². The molecule has 0 unspecified atom stereocenters. The van der Waals surface area contributed by atoms with Gasteiger partial charge in [0, 0.05) is 16.9 Å². The van der Waals surface area contributed by atoms with E-state index in [2.05, 4.69) is 37.0 Å². The second-order valence-electron chi connectivity index (χ2n) is 9.89. The Kier molecular flexibility index (Phi) is 7.74. The van der Waals surface area contributed by atoms with E-state index in [9.17, 15) is 13.2 Å². The molecule has 3 aromatic rings. The Morgan fingerprint density at radius 3 is 2.60 bits per heavy atom. The second-order valence-corrected chi connectivity index (χ2v) is 12.3. The Balaban J connectivity index is 1.53. The van der Waals surface area contributed by atoms with Gasteiger partial charge in [0.05, 0.1) is 37.0 Å². The van der Waals surface area contributed by atoms with Gasteiger partial charge < -0.3 is 10.1 Å². The summed E-state index contributed by atoms with van der Waals surface area (Å²) in [5, 5.41) is 3.05. The number of hydrogen-bond acceptors (Lipinski definition) is 11. The van der Waals surface area contributed by atoms with Gasteiger partial charge in [0.2, 0.25) is 5.88 Å². The van der Waals surface area contributed by atoms with Gasteiger partial charge in [0.15, 0.2) is 27.1 Å². The molecule has 2 aliphatic carbocycles. The Bertz CT molecular complexity index is 1690. The van der Waals surface area contributed by atoms with Crippen molar-refractivity contribution in [2.45, 2.75) is 57.9 Å². The minimum Gasteiger partial charge on any atom is -0.480 e. The number of aliphatic imine (C=N–C) groups is 1. The number of nitrogens with zero attached hydrogens (tertiary/aromatic N) is 7. The van der Waals surface area contributed by atoms with E-state index in [0.717, 1.165) is 37.8 Å². The van der Waals surface area contributed by atoms with Crippen LogP contribution in [0.3, 0.4) is 0 Å². The first-order chi connectivity index (χ1) is 19.3. The zero-order valence-electron chi connectivity index (χ0n) is 22.8. The largest absolute Gasteiger partial charge is 0.480 e. The molecule has 0 amide bonds. The molecule has 3 aromatic heterocycles. The summed E-state index contributed by atoms with van der Waals surface area (Å²) in [7, 11) is -1.76. The average molecular weight is 565 g/mol. The van der Waals surface area contributed by atoms with Crippen LogP contribution in [0.15, 0.2) is 45.1 Å². The van der Waals surface area contributed by atoms with Gasteiger partial charge >= 0.3 is 0 Å². The highest BCUT2D eigenvalue weighted by Crippen LogP contribution is 2.45. The number of fused-ring (bicyclic) bond motifs is 1. The number of aromatic nitrogens is 6. The van der Waals surface area contributed by atoms with Crippen LogP contribution in [-0.4, -0.2) is 64.0 Å². The fourth-order valence-corrected chi connectivity index (χ4v) is 5.25. The normalized spacial score (nSPS) is 16.6. The Morgan fingerprint density at radius 1 is 1.20 bits per heavy atom. The lowest BCUT2D eigenvalue weighted by molar-refractivity contribution is 0.313. The molecule has 1 N–H and O–H groups in total. The number of nitrogens with one attached hydrogen (secondary N) is 1. The molecular weight excluding hydrogens is 532 g/mol. The third kappa shape index (κ3) is 5.37. The predicted octanol–water partition coefficient (Wildman–Crippen LogP) is 3.59. The summed E-state index contributed by atoms with van der Waals surface area (Å²) in [4.78, 5) is 40.6. The van der Waals surface area contributed by atoms with Crippen molar-refractivity contribution < 1.29 is 13.2 Å². The minimum absolute atomic E-state index is 0.00417. The molecule has 0 saturated heterocycles. The van der Waals surface area contributed by atoms with E-state index in [1.807, 2.05) is 0 Å². The zero-order valence-corrected chi connectivity index (χ0v) is 23.6. The quantitative estimate of drug-likeness (QED) is 0.270. The summed E-state index contributed by atoms with van der Waals surface area (Å²) in [6, 6.07) is -0.00417. The lowest BCUT2D eigenvalue weighted by Crippen LogP contribution is -2.32. The molecule has 3 heterocycles. The maximum atomic E-state index is 13.7. The van der Waals surface area contributed by atoms with E-state index in [0.29, 0.717) is 40.0 Å². The van der Waals surface area contributed by atoms with E-state index in [4.69, 9.17) is 9.72 Å². The first-order valence-corrected chi connectivity index (χ1v) is 14.9. The molecule has 2 aliphatic rings. The van der Waals surface area contributed by atoms with Gasteiger partial charge in [-0.05, 0) is 57.9 Å². The van der Waals surface area contributed by atoms with Gasteiger partial charge in [-0.3, -0.25) is 14.4 Å². The molecule has 0 aromatic carbocycles. The second kappa shape index (κ2) is 11.2. The molecular formula is C27H32N8O4S. The van der Waals surface area contributed by atoms with Gasteiger partial charge in [-0.25, -0.2) is 33.3 Å². The Hall–Kier alpha value is -4.00. The molecule has 0 radical (unpaired) electrons. The minimum atomic E-state index is -3.31. The van der Waals surface area contributed by atoms with E-state index >= 15 is 0 Å². The fourth-order valence-electron chi connectivity index (χ4n) is 4.52. The molecule has 0 bridgehead atoms. The summed E-state index contributed by atoms with van der Waals surface area (Å²) in [5.74, 6) is 1.24. The summed E-state index contributed by atoms with van der Waals surface area (Å²) >= 11 is 0. The van der Waals surface area contributed by atoms with Crippen molar-refractivity contribution in [2.75, 3.05) is 24.7 Å². The molecule has 2 saturated carbocycles. The van der Waals surface area contributed by atoms with Gasteiger partial charge in [-0.1, -0.05) is 6.92 Å². The van der Waals surface area contributed by atoms with E-state index in [1.165, 1.54) is 19.3 Å². The van der Waals surface area contributed by atoms with E-state index < -0.39 is 9.84 Å². The van der Waals surface area contributed by atoms with Crippen LogP contribution in [0.4, 0.5) is 5.82 Å². The Labute approximate surface area is 232 Å². The topological polar surface area (TPSA) is 154 Å². The number of anilines is 1. The highest BCUT2D eigenvalue weighted by Gasteiger charge is 2.32. The fraction of sp³-hybridized carbons (Fsp3) is 0.444. The average Bonchev–Trinajstić information content (AvgIpc) is 3.78. The third-order valence-electron chi connectivity index (χ3n) is 7.32. The number of sulfone groups is 1. The van der Waals surface area contributed by atoms with Crippen LogP contribution < -0.4 is 15.6 Å². The maximum absolute atomic E-state index is 13.7. The smallest absolute Gasteiger partial charge is 0.295 e. The van der Waals surface area contributed by atoms with Crippen molar-refractivity contribution in [2.24, 2.45) is 4.99 Å². The van der Waals surface area contributed by atoms with Crippen LogP contribution in [0.25, 0.3) is 22.6 Å². The molecule has 0 atom stereocenters. The first kappa shape index (κ1) is 27.6. The standard InChI is InChI=1S/C27H32N8O4S/c1-5-40(37,38)16(2)9-12-18(28-3)13-29-24-27(36)35(19-7-6-8-19)25-20(33-24)14-30-23(34-25)21-22(17-10-11-17)31-15-32-26(21)39-4/h9,12,14-15,17,19H,3,5-8,10-11,13H2,1-2,4H3,(H,29,33)/b16-9+,18-12-. The van der Waals surface area contributed by atoms with Gasteiger partial charge in [-0.15, -0.1) is 0 Å². The van der Waals surface area contributed by atoms with Crippen LogP contribution in [0.2, 0.25) is 0 Å². The number of ether oxygens (including phenoxy) is 1. The molecule has 2 fully saturated rings. The Morgan fingerprint density at radius 2 is 1.98 bits per heavy atom. The molecule has 12 nitrogen and oxygen atoms in total. The van der Waals surface area contributed by atoms with Crippen LogP contribution >= 0.6 is 0 Å². The van der Waals surface area contributed by atoms with Crippen LogP contribution in [0.1, 0.15) is 63.6 Å². The summed E-state index contributed by atoms with van der Waals surface area (Å²) in [6.45, 7) is 6.82. The number of hydrogen-bond donors (Lipinski definition) is 1. The van der Waals surface area contributed by atoms with Gasteiger partial charge in [0.25, 0.3) is 5.56 Å². The van der Waals surface area contributed by atoms with Crippen LogP contribution in [0.5, 0.6) is 5.88 Å². The lowest BCUT2D eigenvalue weighted by atomic mass is 9.93. The summed E-state index contributed by atoms with van der Waals surface area (Å²) < 4.78 is 31.3. The third-order valence-corrected chi connectivity index (χ3v) is 9.19. The molecule has 5 rings (SSSR count). The maximum Gasteiger partial charge on any atom is 0.295 e. The van der Waals surface area contributed by atoms with Crippen molar-refractivity contribution in [3.63, 3.8) is 0 Å². The predicted molar refractivity (Wildman–Crippen MR) is 153 cm³/mol. The van der Waals surface area contributed by atoms with Gasteiger partial charge in [-0.2, -0.15) is 0 Å². The number of methoxy groups -OCH3 is 1. The first-order valence-electron chi connectivity index (χ1n) is 13.3. The molecule has 13 heteroatoms. The monoisotopic (exact) mass is 564 g/mol. The van der Waals surface area contributed by atoms with Crippen molar-refractivity contribution in [3.8, 4) is 17.3 Å². The summed E-state index contributed by atoms with van der Waals surface area (Å²) in [5.41, 5.74) is 2.55. The van der Waals surface area contributed by atoms with E-state index in [-0.39, 0.29) is 34.6 Å². The molecule has 0 spiro atoms. The number of rotatable bonds is 11. The number of allylic oxidation sites excluding steroid dienone is 3. The molecule has 0 aliphatic heterocycles. The van der Waals surface area contributed by atoms with Crippen molar-refractivity contribution >= 4 is 33.5 Å². The van der Waals surface area contributed by atoms with Gasteiger partial charge in [0.1, 0.15) is 17.4 Å². The van der Waals surface area contributed by atoms with Crippen molar-refractivity contribution in [3.05, 3.63) is 51.3 Å². The molecule has 40 heavy (non-hydrogen) atoms. The lowest BCUT2D eigenvalue weighted by Gasteiger charge is -2.28. The van der Waals surface area contributed by atoms with E-state index in [1.54, 1.807) is 30.9 Å². The highest BCUT2D eigenvalue weighted by atomic mass is 32.2. The highest BCUT2D eigenvalue weighted by molar-refractivity contribution is 7.95.